The highest BCUT2D eigenvalue weighted by Gasteiger charge is 2.44. The minimum absolute atomic E-state index is 0.0877. The van der Waals surface area contributed by atoms with Gasteiger partial charge in [-0.2, -0.15) is 0 Å². The summed E-state index contributed by atoms with van der Waals surface area (Å²) in [5.41, 5.74) is 0.893. The summed E-state index contributed by atoms with van der Waals surface area (Å²) in [4.78, 5) is 30.6. The lowest BCUT2D eigenvalue weighted by Crippen LogP contribution is -2.31. The molecule has 0 fully saturated rings. The number of aliphatic hydroxyl groups excluding tert-OH is 1. The van der Waals surface area contributed by atoms with Crippen LogP contribution in [0.15, 0.2) is 60.3 Å². The number of carbonyl (C=O) groups excluding carboxylic acids is 2. The molecular formula is C22H20FN3O4. The lowest BCUT2D eigenvalue weighted by Gasteiger charge is -2.27. The molecule has 3 heterocycles. The number of anilines is 1. The molecule has 1 N–H and O–H groups in total. The molecule has 1 amide bonds. The summed E-state index contributed by atoms with van der Waals surface area (Å²) in [6.07, 6.45) is 5.82. The fraction of sp³-hybridized carbons (Fsp3) is 0.227. The number of aliphatic hydroxyl groups is 1. The molecule has 0 bridgehead atoms. The molecule has 0 aliphatic carbocycles. The van der Waals surface area contributed by atoms with E-state index in [0.717, 1.165) is 6.42 Å². The first-order valence-corrected chi connectivity index (χ1v) is 9.55. The molecular weight excluding hydrogens is 389 g/mol. The van der Waals surface area contributed by atoms with E-state index in [2.05, 4.69) is 4.98 Å². The summed E-state index contributed by atoms with van der Waals surface area (Å²) in [7, 11) is 0. The SMILES string of the molecule is CCCOc1ccc(C2C(C(C)=O)=C(O)C(=O)N2c2ccn3ccnc3c2)c(F)c1. The van der Waals surface area contributed by atoms with Gasteiger partial charge in [0, 0.05) is 36.3 Å². The first-order valence-electron chi connectivity index (χ1n) is 9.55. The van der Waals surface area contributed by atoms with Crippen LogP contribution in [0.2, 0.25) is 0 Å². The van der Waals surface area contributed by atoms with Crippen LogP contribution in [0.4, 0.5) is 10.1 Å². The number of halogens is 1. The number of aromatic nitrogens is 2. The summed E-state index contributed by atoms with van der Waals surface area (Å²) in [5.74, 6) is -2.25. The second-order valence-corrected chi connectivity index (χ2v) is 7.01. The van der Waals surface area contributed by atoms with Crippen molar-refractivity contribution >= 4 is 23.0 Å². The molecule has 7 nitrogen and oxygen atoms in total. The van der Waals surface area contributed by atoms with Gasteiger partial charge in [0.25, 0.3) is 5.91 Å². The number of ketones is 1. The third kappa shape index (κ3) is 3.20. The molecule has 1 atom stereocenters. The molecule has 0 saturated carbocycles. The quantitative estimate of drug-likeness (QED) is 0.670. The zero-order valence-corrected chi connectivity index (χ0v) is 16.5. The van der Waals surface area contributed by atoms with E-state index in [4.69, 9.17) is 4.74 Å². The minimum Gasteiger partial charge on any atom is -0.503 e. The van der Waals surface area contributed by atoms with Crippen LogP contribution in [0.3, 0.4) is 0 Å². The Kier molecular flexibility index (Phi) is 4.99. The van der Waals surface area contributed by atoms with Crippen molar-refractivity contribution in [3.8, 4) is 5.75 Å². The number of nitrogens with zero attached hydrogens (tertiary/aromatic N) is 3. The van der Waals surface area contributed by atoms with Crippen LogP contribution in [-0.4, -0.2) is 32.8 Å². The highest BCUT2D eigenvalue weighted by molar-refractivity contribution is 6.16. The van der Waals surface area contributed by atoms with Crippen LogP contribution in [0.25, 0.3) is 5.65 Å². The van der Waals surface area contributed by atoms with Crippen LogP contribution < -0.4 is 9.64 Å². The fourth-order valence-corrected chi connectivity index (χ4v) is 3.61. The van der Waals surface area contributed by atoms with Gasteiger partial charge in [-0.1, -0.05) is 6.92 Å². The summed E-state index contributed by atoms with van der Waals surface area (Å²) >= 11 is 0. The maximum absolute atomic E-state index is 15.1. The van der Waals surface area contributed by atoms with E-state index in [1.54, 1.807) is 41.2 Å². The summed E-state index contributed by atoms with van der Waals surface area (Å²) < 4.78 is 22.3. The van der Waals surface area contributed by atoms with Gasteiger partial charge in [0.1, 0.15) is 17.2 Å². The standard InChI is InChI=1S/C22H20FN3O4/c1-3-10-30-15-4-5-16(17(23)12-15)20-19(13(2)27)21(28)22(29)26(20)14-6-8-25-9-7-24-18(25)11-14/h4-9,11-12,20,28H,3,10H2,1-2H3. The van der Waals surface area contributed by atoms with E-state index in [0.29, 0.717) is 23.7 Å². The Bertz CT molecular complexity index is 1180. The Morgan fingerprint density at radius 2 is 2.07 bits per heavy atom. The van der Waals surface area contributed by atoms with Crippen LogP contribution in [-0.2, 0) is 9.59 Å². The number of carbonyl (C=O) groups is 2. The van der Waals surface area contributed by atoms with E-state index in [-0.39, 0.29) is 11.1 Å². The number of benzene rings is 1. The number of rotatable bonds is 6. The lowest BCUT2D eigenvalue weighted by atomic mass is 9.96. The van der Waals surface area contributed by atoms with Gasteiger partial charge in [-0.05, 0) is 31.5 Å². The molecule has 0 radical (unpaired) electrons. The van der Waals surface area contributed by atoms with E-state index < -0.39 is 29.3 Å². The number of amides is 1. The lowest BCUT2D eigenvalue weighted by molar-refractivity contribution is -0.117. The number of pyridine rings is 1. The number of Topliss-reactive ketones (excluding diaryl/α,β-unsaturated/α-hetero) is 1. The van der Waals surface area contributed by atoms with Crippen molar-refractivity contribution in [3.05, 3.63) is 71.6 Å². The Morgan fingerprint density at radius 3 is 2.77 bits per heavy atom. The van der Waals surface area contributed by atoms with Crippen molar-refractivity contribution in [1.82, 2.24) is 9.38 Å². The third-order valence-corrected chi connectivity index (χ3v) is 4.99. The average molecular weight is 409 g/mol. The molecule has 30 heavy (non-hydrogen) atoms. The molecule has 4 rings (SSSR count). The molecule has 8 heteroatoms. The first kappa shape index (κ1) is 19.6. The van der Waals surface area contributed by atoms with E-state index >= 15 is 4.39 Å². The Morgan fingerprint density at radius 1 is 1.27 bits per heavy atom. The molecule has 1 aliphatic rings. The van der Waals surface area contributed by atoms with Crippen LogP contribution in [0, 0.1) is 5.82 Å². The molecule has 3 aromatic rings. The second kappa shape index (κ2) is 7.62. The minimum atomic E-state index is -1.10. The van der Waals surface area contributed by atoms with Crippen LogP contribution in [0.5, 0.6) is 5.75 Å². The number of imidazole rings is 1. The van der Waals surface area contributed by atoms with Crippen molar-refractivity contribution in [2.75, 3.05) is 11.5 Å². The van der Waals surface area contributed by atoms with E-state index in [1.165, 1.54) is 24.0 Å². The number of fused-ring (bicyclic) bond motifs is 1. The topological polar surface area (TPSA) is 84.1 Å². The summed E-state index contributed by atoms with van der Waals surface area (Å²) in [6.45, 7) is 3.62. The molecule has 1 aliphatic heterocycles. The van der Waals surface area contributed by atoms with Gasteiger partial charge in [-0.15, -0.1) is 0 Å². The molecule has 0 spiro atoms. The van der Waals surface area contributed by atoms with Crippen molar-refractivity contribution < 1.29 is 23.8 Å². The average Bonchev–Trinajstić information content (AvgIpc) is 3.28. The first-order chi connectivity index (χ1) is 14.4. The molecule has 0 saturated heterocycles. The number of hydrogen-bond donors (Lipinski definition) is 1. The van der Waals surface area contributed by atoms with Gasteiger partial charge in [0.15, 0.2) is 11.5 Å². The maximum Gasteiger partial charge on any atom is 0.294 e. The Labute approximate surface area is 172 Å². The zero-order chi connectivity index (χ0) is 21.4. The molecule has 154 valence electrons. The van der Waals surface area contributed by atoms with Crippen molar-refractivity contribution in [3.63, 3.8) is 0 Å². The van der Waals surface area contributed by atoms with Gasteiger partial charge in [0.05, 0.1) is 23.9 Å². The van der Waals surface area contributed by atoms with Gasteiger partial charge >= 0.3 is 0 Å². The van der Waals surface area contributed by atoms with Gasteiger partial charge in [-0.3, -0.25) is 14.5 Å². The van der Waals surface area contributed by atoms with Gasteiger partial charge in [0.2, 0.25) is 0 Å². The summed E-state index contributed by atoms with van der Waals surface area (Å²) in [6, 6.07) is 6.46. The number of ether oxygens (including phenoxy) is 1. The highest BCUT2D eigenvalue weighted by Crippen LogP contribution is 2.42. The normalized spacial score (nSPS) is 16.6. The largest absolute Gasteiger partial charge is 0.503 e. The second-order valence-electron chi connectivity index (χ2n) is 7.01. The fourth-order valence-electron chi connectivity index (χ4n) is 3.61. The van der Waals surface area contributed by atoms with Crippen LogP contribution >= 0.6 is 0 Å². The third-order valence-electron chi connectivity index (χ3n) is 4.99. The smallest absolute Gasteiger partial charge is 0.294 e. The zero-order valence-electron chi connectivity index (χ0n) is 16.5. The van der Waals surface area contributed by atoms with Crippen molar-refractivity contribution in [2.24, 2.45) is 0 Å². The summed E-state index contributed by atoms with van der Waals surface area (Å²) in [5, 5.41) is 10.4. The molecule has 1 unspecified atom stereocenters. The molecule has 2 aromatic heterocycles. The Hall–Kier alpha value is -3.68. The van der Waals surface area contributed by atoms with E-state index in [1.807, 2.05) is 6.92 Å². The monoisotopic (exact) mass is 409 g/mol. The van der Waals surface area contributed by atoms with Gasteiger partial charge < -0.3 is 14.2 Å². The van der Waals surface area contributed by atoms with E-state index in [9.17, 15) is 14.7 Å². The number of hydrogen-bond acceptors (Lipinski definition) is 5. The maximum atomic E-state index is 15.1. The van der Waals surface area contributed by atoms with Crippen LogP contribution in [0.1, 0.15) is 31.9 Å². The predicted octanol–water partition coefficient (Wildman–Crippen LogP) is 3.75. The van der Waals surface area contributed by atoms with Crippen molar-refractivity contribution in [1.29, 1.82) is 0 Å². The molecule has 1 aromatic carbocycles. The van der Waals surface area contributed by atoms with Gasteiger partial charge in [-0.25, -0.2) is 9.37 Å². The Balaban J connectivity index is 1.83. The highest BCUT2D eigenvalue weighted by atomic mass is 19.1. The van der Waals surface area contributed by atoms with Crippen molar-refractivity contribution in [2.45, 2.75) is 26.3 Å². The predicted molar refractivity (Wildman–Crippen MR) is 108 cm³/mol.